The topological polar surface area (TPSA) is 69.6 Å². The van der Waals surface area contributed by atoms with Crippen LogP contribution in [-0.2, 0) is 4.79 Å². The number of nitrogens with one attached hydrogen (secondary N) is 1. The molecule has 3 N–H and O–H groups in total. The maximum Gasteiger partial charge on any atom is 0.220 e. The summed E-state index contributed by atoms with van der Waals surface area (Å²) in [5.41, 5.74) is 0. The van der Waals surface area contributed by atoms with Crippen molar-refractivity contribution in [2.45, 2.75) is 283 Å². The molecule has 0 fully saturated rings. The van der Waals surface area contributed by atoms with Gasteiger partial charge in [-0.2, -0.15) is 0 Å². The summed E-state index contributed by atoms with van der Waals surface area (Å²) in [4.78, 5) is 12.4. The molecule has 0 aliphatic carbocycles. The van der Waals surface area contributed by atoms with Crippen molar-refractivity contribution in [1.29, 1.82) is 0 Å². The lowest BCUT2D eigenvalue weighted by Crippen LogP contribution is -2.45. The van der Waals surface area contributed by atoms with Gasteiger partial charge in [-0.1, -0.05) is 244 Å². The van der Waals surface area contributed by atoms with E-state index in [1.54, 1.807) is 0 Å². The third-order valence-corrected chi connectivity index (χ3v) is 11.5. The summed E-state index contributed by atoms with van der Waals surface area (Å²) in [5, 5.41) is 23.1. The number of hydrogen-bond acceptors (Lipinski definition) is 3. The highest BCUT2D eigenvalue weighted by Gasteiger charge is 2.20. The summed E-state index contributed by atoms with van der Waals surface area (Å²) >= 11 is 0. The molecular weight excluding hydrogens is 663 g/mol. The van der Waals surface area contributed by atoms with Gasteiger partial charge in [0.15, 0.2) is 0 Å². The maximum atomic E-state index is 12.4. The molecule has 1 amide bonds. The van der Waals surface area contributed by atoms with Gasteiger partial charge in [0.1, 0.15) is 0 Å². The molecule has 54 heavy (non-hydrogen) atoms. The molecule has 0 rings (SSSR count). The van der Waals surface area contributed by atoms with Gasteiger partial charge >= 0.3 is 0 Å². The van der Waals surface area contributed by atoms with Crippen molar-refractivity contribution in [2.75, 3.05) is 6.61 Å². The van der Waals surface area contributed by atoms with Crippen LogP contribution in [0.4, 0.5) is 0 Å². The molecule has 0 aromatic rings. The van der Waals surface area contributed by atoms with Crippen LogP contribution in [0.15, 0.2) is 24.3 Å². The Balaban J connectivity index is 3.36. The van der Waals surface area contributed by atoms with E-state index in [2.05, 4.69) is 43.5 Å². The predicted molar refractivity (Wildman–Crippen MR) is 239 cm³/mol. The fraction of sp³-hybridized carbons (Fsp3) is 0.900. The van der Waals surface area contributed by atoms with Crippen molar-refractivity contribution >= 4 is 5.91 Å². The molecule has 2 atom stereocenters. The van der Waals surface area contributed by atoms with E-state index in [1.807, 2.05) is 0 Å². The monoisotopic (exact) mass is 760 g/mol. The van der Waals surface area contributed by atoms with Crippen LogP contribution < -0.4 is 5.32 Å². The van der Waals surface area contributed by atoms with Gasteiger partial charge in [0.05, 0.1) is 18.8 Å². The average molecular weight is 760 g/mol. The highest BCUT2D eigenvalue weighted by Crippen LogP contribution is 2.17. The summed E-state index contributed by atoms with van der Waals surface area (Å²) in [5.74, 6) is -0.0297. The van der Waals surface area contributed by atoms with E-state index in [0.29, 0.717) is 12.8 Å². The molecule has 320 valence electrons. The molecule has 0 aliphatic rings. The van der Waals surface area contributed by atoms with Crippen molar-refractivity contribution in [3.8, 4) is 0 Å². The van der Waals surface area contributed by atoms with Crippen molar-refractivity contribution in [1.82, 2.24) is 5.32 Å². The third kappa shape index (κ3) is 42.0. The van der Waals surface area contributed by atoms with Gasteiger partial charge in [-0.15, -0.1) is 0 Å². The summed E-state index contributed by atoms with van der Waals surface area (Å²) in [7, 11) is 0. The smallest absolute Gasteiger partial charge is 0.220 e. The largest absolute Gasteiger partial charge is 0.394 e. The first-order chi connectivity index (χ1) is 26.7. The van der Waals surface area contributed by atoms with Gasteiger partial charge in [0.25, 0.3) is 0 Å². The Kier molecular flexibility index (Phi) is 45.3. The van der Waals surface area contributed by atoms with Crippen LogP contribution in [0.5, 0.6) is 0 Å². The van der Waals surface area contributed by atoms with Gasteiger partial charge in [-0.05, 0) is 44.9 Å². The number of hydrogen-bond donors (Lipinski definition) is 3. The Hall–Kier alpha value is -1.13. The highest BCUT2D eigenvalue weighted by molar-refractivity contribution is 5.76. The first-order valence-corrected chi connectivity index (χ1v) is 24.5. The Morgan fingerprint density at radius 3 is 1.11 bits per heavy atom. The fourth-order valence-electron chi connectivity index (χ4n) is 7.69. The van der Waals surface area contributed by atoms with E-state index in [1.165, 1.54) is 212 Å². The number of allylic oxidation sites excluding steroid dienone is 4. The van der Waals surface area contributed by atoms with Crippen LogP contribution >= 0.6 is 0 Å². The standard InChI is InChI=1S/C50H97NO3/c1-3-5-7-9-11-13-14-15-16-17-18-19-20-21-22-23-24-25-26-27-28-29-30-31-32-33-34-35-36-38-40-42-44-46-50(54)51-48(47-52)49(53)45-43-41-39-37-12-10-8-6-4-2/h14-15,17-18,48-49,52-53H,3-13,16,19-47H2,1-2H3,(H,51,54)/b15-14-,18-17-. The molecule has 0 aliphatic heterocycles. The fourth-order valence-corrected chi connectivity index (χ4v) is 7.69. The van der Waals surface area contributed by atoms with Crippen molar-refractivity contribution in [2.24, 2.45) is 0 Å². The van der Waals surface area contributed by atoms with Crippen LogP contribution in [0.3, 0.4) is 0 Å². The molecule has 0 spiro atoms. The quantitative estimate of drug-likeness (QED) is 0.0428. The van der Waals surface area contributed by atoms with Crippen molar-refractivity contribution in [3.63, 3.8) is 0 Å². The summed E-state index contributed by atoms with van der Waals surface area (Å²) in [6.07, 6.45) is 60.1. The minimum absolute atomic E-state index is 0.0297. The predicted octanol–water partition coefficient (Wildman–Crippen LogP) is 15.6. The van der Waals surface area contributed by atoms with Gasteiger partial charge in [0.2, 0.25) is 5.91 Å². The second kappa shape index (κ2) is 46.3. The number of carbonyl (C=O) groups excluding carboxylic acids is 1. The number of aliphatic hydroxyl groups excluding tert-OH is 2. The molecular formula is C50H97NO3. The Bertz CT molecular complexity index is 780. The van der Waals surface area contributed by atoms with Gasteiger partial charge < -0.3 is 15.5 Å². The number of amides is 1. The number of unbranched alkanes of at least 4 members (excludes halogenated alkanes) is 34. The highest BCUT2D eigenvalue weighted by atomic mass is 16.3. The van der Waals surface area contributed by atoms with Crippen LogP contribution in [0.25, 0.3) is 0 Å². The van der Waals surface area contributed by atoms with Crippen LogP contribution in [0.2, 0.25) is 0 Å². The Morgan fingerprint density at radius 1 is 0.444 bits per heavy atom. The van der Waals surface area contributed by atoms with E-state index >= 15 is 0 Å². The van der Waals surface area contributed by atoms with Gasteiger partial charge in [-0.3, -0.25) is 4.79 Å². The zero-order chi connectivity index (χ0) is 39.3. The summed E-state index contributed by atoms with van der Waals surface area (Å²) < 4.78 is 0. The van der Waals surface area contributed by atoms with Gasteiger partial charge in [0, 0.05) is 6.42 Å². The Morgan fingerprint density at radius 2 is 0.759 bits per heavy atom. The van der Waals surface area contributed by atoms with Crippen LogP contribution in [-0.4, -0.2) is 34.9 Å². The number of aliphatic hydroxyl groups is 2. The first-order valence-electron chi connectivity index (χ1n) is 24.5. The molecule has 0 aromatic heterocycles. The number of carbonyl (C=O) groups is 1. The lowest BCUT2D eigenvalue weighted by molar-refractivity contribution is -0.123. The van der Waals surface area contributed by atoms with Crippen molar-refractivity contribution in [3.05, 3.63) is 24.3 Å². The van der Waals surface area contributed by atoms with Crippen LogP contribution in [0.1, 0.15) is 271 Å². The maximum absolute atomic E-state index is 12.4. The van der Waals surface area contributed by atoms with E-state index < -0.39 is 12.1 Å². The summed E-state index contributed by atoms with van der Waals surface area (Å²) in [6.45, 7) is 4.34. The summed E-state index contributed by atoms with van der Waals surface area (Å²) in [6, 6.07) is -0.530. The SMILES string of the molecule is CCCCCCC/C=C\C/C=C\CCCCCCCCCCCCCCCCCCCCCCCC(=O)NC(CO)C(O)CCCCCCCCCCC. The first kappa shape index (κ1) is 52.9. The number of rotatable bonds is 45. The van der Waals surface area contributed by atoms with E-state index in [4.69, 9.17) is 0 Å². The second-order valence-electron chi connectivity index (χ2n) is 16.9. The lowest BCUT2D eigenvalue weighted by atomic mass is 10.0. The minimum atomic E-state index is -0.654. The molecule has 0 bridgehead atoms. The zero-order valence-electron chi connectivity index (χ0n) is 36.8. The third-order valence-electron chi connectivity index (χ3n) is 11.5. The molecule has 0 saturated heterocycles. The second-order valence-corrected chi connectivity index (χ2v) is 16.9. The minimum Gasteiger partial charge on any atom is -0.394 e. The molecule has 0 heterocycles. The lowest BCUT2D eigenvalue weighted by Gasteiger charge is -2.22. The molecule has 0 aromatic carbocycles. The normalized spacial score (nSPS) is 13.0. The molecule has 4 nitrogen and oxygen atoms in total. The molecule has 0 radical (unpaired) electrons. The Labute approximate surface area is 339 Å². The van der Waals surface area contributed by atoms with Crippen molar-refractivity contribution < 1.29 is 15.0 Å². The van der Waals surface area contributed by atoms with E-state index in [9.17, 15) is 15.0 Å². The molecule has 0 saturated carbocycles. The average Bonchev–Trinajstić information content (AvgIpc) is 3.18. The van der Waals surface area contributed by atoms with E-state index in [-0.39, 0.29) is 12.5 Å². The zero-order valence-corrected chi connectivity index (χ0v) is 36.8. The van der Waals surface area contributed by atoms with E-state index in [0.717, 1.165) is 32.1 Å². The molecule has 4 heteroatoms. The van der Waals surface area contributed by atoms with Crippen LogP contribution in [0, 0.1) is 0 Å². The molecule has 2 unspecified atom stereocenters. The van der Waals surface area contributed by atoms with Gasteiger partial charge in [-0.25, -0.2) is 0 Å².